The van der Waals surface area contributed by atoms with Crippen LogP contribution in [0.4, 0.5) is 0 Å². The third-order valence-corrected chi connectivity index (χ3v) is 2.42. The van der Waals surface area contributed by atoms with E-state index >= 15 is 0 Å². The van der Waals surface area contributed by atoms with Crippen molar-refractivity contribution in [2.45, 2.75) is 0 Å². The van der Waals surface area contributed by atoms with Gasteiger partial charge < -0.3 is 0 Å². The second kappa shape index (κ2) is 7.86. The summed E-state index contributed by atoms with van der Waals surface area (Å²) in [6.07, 6.45) is 5.49. The van der Waals surface area contributed by atoms with Crippen molar-refractivity contribution in [3.8, 4) is 0 Å². The minimum Gasteiger partial charge on any atom is -0.0985 e. The minimum atomic E-state index is 1.14. The van der Waals surface area contributed by atoms with Crippen LogP contribution in [0.5, 0.6) is 0 Å². The molecule has 2 rings (SSSR count). The molecule has 0 aromatic heterocycles. The van der Waals surface area contributed by atoms with Crippen LogP contribution in [-0.2, 0) is 0 Å². The first-order valence-corrected chi connectivity index (χ1v) is 5.82. The SMILES string of the molecule is C=Cc1cccc(C=C)c1.C=Cc1ccccc1. The summed E-state index contributed by atoms with van der Waals surface area (Å²) in [6.45, 7) is 11.0. The summed E-state index contributed by atoms with van der Waals surface area (Å²) in [7, 11) is 0. The van der Waals surface area contributed by atoms with Crippen molar-refractivity contribution in [2.24, 2.45) is 0 Å². The van der Waals surface area contributed by atoms with E-state index in [1.165, 1.54) is 5.56 Å². The molecule has 0 heteroatoms. The minimum absolute atomic E-state index is 1.14. The molecular formula is C18H18. The lowest BCUT2D eigenvalue weighted by Crippen LogP contribution is -1.72. The molecule has 0 bridgehead atoms. The summed E-state index contributed by atoms with van der Waals surface area (Å²) in [5.41, 5.74) is 3.45. The third kappa shape index (κ3) is 4.67. The molecule has 0 saturated carbocycles. The van der Waals surface area contributed by atoms with Crippen molar-refractivity contribution in [2.75, 3.05) is 0 Å². The largest absolute Gasteiger partial charge is 0.0985 e. The predicted molar refractivity (Wildman–Crippen MR) is 83.2 cm³/mol. The Morgan fingerprint density at radius 3 is 1.39 bits per heavy atom. The van der Waals surface area contributed by atoms with E-state index in [0.29, 0.717) is 0 Å². The Kier molecular flexibility index (Phi) is 5.99. The molecule has 0 aliphatic carbocycles. The molecule has 0 nitrogen and oxygen atoms in total. The second-order valence-electron chi connectivity index (χ2n) is 3.69. The highest BCUT2D eigenvalue weighted by Crippen LogP contribution is 2.06. The first-order valence-electron chi connectivity index (χ1n) is 5.82. The first-order chi connectivity index (χ1) is 8.80. The molecular weight excluding hydrogens is 216 g/mol. The highest BCUT2D eigenvalue weighted by molar-refractivity contribution is 5.55. The summed E-state index contributed by atoms with van der Waals surface area (Å²) in [6, 6.07) is 18.1. The van der Waals surface area contributed by atoms with Crippen LogP contribution >= 0.6 is 0 Å². The zero-order valence-electron chi connectivity index (χ0n) is 10.5. The Morgan fingerprint density at radius 1 is 0.556 bits per heavy atom. The fourth-order valence-corrected chi connectivity index (χ4v) is 1.40. The van der Waals surface area contributed by atoms with Crippen molar-refractivity contribution in [1.82, 2.24) is 0 Å². The Balaban J connectivity index is 0.000000184. The number of hydrogen-bond donors (Lipinski definition) is 0. The highest BCUT2D eigenvalue weighted by atomic mass is 13.9. The van der Waals surface area contributed by atoms with E-state index in [9.17, 15) is 0 Å². The molecule has 0 spiro atoms. The van der Waals surface area contributed by atoms with E-state index in [1.54, 1.807) is 0 Å². The smallest absolute Gasteiger partial charge is 0.0257 e. The van der Waals surface area contributed by atoms with Crippen molar-refractivity contribution in [3.63, 3.8) is 0 Å². The van der Waals surface area contributed by atoms with E-state index in [2.05, 4.69) is 19.7 Å². The van der Waals surface area contributed by atoms with Crippen LogP contribution in [0, 0.1) is 0 Å². The van der Waals surface area contributed by atoms with Gasteiger partial charge in [0.15, 0.2) is 0 Å². The van der Waals surface area contributed by atoms with E-state index in [0.717, 1.165) is 11.1 Å². The molecule has 0 atom stereocenters. The van der Waals surface area contributed by atoms with Gasteiger partial charge in [0.2, 0.25) is 0 Å². The van der Waals surface area contributed by atoms with E-state index in [4.69, 9.17) is 0 Å². The van der Waals surface area contributed by atoms with Crippen LogP contribution in [0.1, 0.15) is 16.7 Å². The van der Waals surface area contributed by atoms with Gasteiger partial charge in [0.25, 0.3) is 0 Å². The van der Waals surface area contributed by atoms with Crippen molar-refractivity contribution in [3.05, 3.63) is 91.0 Å². The van der Waals surface area contributed by atoms with Crippen LogP contribution < -0.4 is 0 Å². The topological polar surface area (TPSA) is 0 Å². The lowest BCUT2D eigenvalue weighted by Gasteiger charge is -1.93. The monoisotopic (exact) mass is 234 g/mol. The molecule has 0 unspecified atom stereocenters. The maximum Gasteiger partial charge on any atom is -0.0257 e. The van der Waals surface area contributed by atoms with E-state index in [1.807, 2.05) is 72.8 Å². The van der Waals surface area contributed by atoms with Gasteiger partial charge in [-0.3, -0.25) is 0 Å². The fourth-order valence-electron chi connectivity index (χ4n) is 1.40. The maximum atomic E-state index is 3.67. The van der Waals surface area contributed by atoms with Crippen LogP contribution in [0.2, 0.25) is 0 Å². The Hall–Kier alpha value is -2.34. The maximum absolute atomic E-state index is 3.67. The lowest BCUT2D eigenvalue weighted by molar-refractivity contribution is 1.63. The number of hydrogen-bond acceptors (Lipinski definition) is 0. The van der Waals surface area contributed by atoms with Crippen LogP contribution in [-0.4, -0.2) is 0 Å². The van der Waals surface area contributed by atoms with Gasteiger partial charge in [-0.05, 0) is 22.8 Å². The average Bonchev–Trinajstić information content (AvgIpc) is 2.48. The molecule has 0 amide bonds. The van der Waals surface area contributed by atoms with Gasteiger partial charge in [-0.2, -0.15) is 0 Å². The molecule has 0 aliphatic rings. The molecule has 90 valence electrons. The summed E-state index contributed by atoms with van der Waals surface area (Å²) in [5.74, 6) is 0. The first kappa shape index (κ1) is 13.7. The molecule has 0 heterocycles. The van der Waals surface area contributed by atoms with Crippen molar-refractivity contribution < 1.29 is 0 Å². The zero-order valence-corrected chi connectivity index (χ0v) is 10.5. The fraction of sp³-hybridized carbons (Fsp3) is 0. The average molecular weight is 234 g/mol. The molecule has 0 saturated heterocycles. The van der Waals surface area contributed by atoms with E-state index < -0.39 is 0 Å². The van der Waals surface area contributed by atoms with Crippen molar-refractivity contribution >= 4 is 18.2 Å². The van der Waals surface area contributed by atoms with Gasteiger partial charge in [0.05, 0.1) is 0 Å². The standard InChI is InChI=1S/C10H10.C8H8/c1-3-9-6-5-7-10(4-2)8-9;1-2-8-6-4-3-5-7-8/h3-8H,1-2H2;2-7H,1H2. The normalized spacial score (nSPS) is 8.67. The third-order valence-electron chi connectivity index (χ3n) is 2.42. The van der Waals surface area contributed by atoms with Crippen LogP contribution in [0.15, 0.2) is 74.3 Å². The van der Waals surface area contributed by atoms with Crippen molar-refractivity contribution in [1.29, 1.82) is 0 Å². The highest BCUT2D eigenvalue weighted by Gasteiger charge is 1.85. The summed E-state index contributed by atoms with van der Waals surface area (Å²) < 4.78 is 0. The number of rotatable bonds is 3. The molecule has 2 aromatic rings. The van der Waals surface area contributed by atoms with Gasteiger partial charge in [-0.25, -0.2) is 0 Å². The van der Waals surface area contributed by atoms with E-state index in [-0.39, 0.29) is 0 Å². The Morgan fingerprint density at radius 2 is 1.00 bits per heavy atom. The molecule has 0 N–H and O–H groups in total. The second-order valence-corrected chi connectivity index (χ2v) is 3.69. The molecule has 2 aromatic carbocycles. The van der Waals surface area contributed by atoms with Crippen LogP contribution in [0.3, 0.4) is 0 Å². The molecule has 18 heavy (non-hydrogen) atoms. The quantitative estimate of drug-likeness (QED) is 0.675. The van der Waals surface area contributed by atoms with Gasteiger partial charge in [0, 0.05) is 0 Å². The predicted octanol–water partition coefficient (Wildman–Crippen LogP) is 5.30. The summed E-state index contributed by atoms with van der Waals surface area (Å²) >= 11 is 0. The summed E-state index contributed by atoms with van der Waals surface area (Å²) in [4.78, 5) is 0. The molecule has 0 radical (unpaired) electrons. The summed E-state index contributed by atoms with van der Waals surface area (Å²) in [5, 5.41) is 0. The van der Waals surface area contributed by atoms with Gasteiger partial charge in [0.1, 0.15) is 0 Å². The molecule has 0 fully saturated rings. The Labute approximate surface area is 110 Å². The molecule has 0 aliphatic heterocycles. The number of benzene rings is 2. The zero-order chi connectivity index (χ0) is 13.2. The van der Waals surface area contributed by atoms with Gasteiger partial charge >= 0.3 is 0 Å². The Bertz CT molecular complexity index is 483. The lowest BCUT2D eigenvalue weighted by atomic mass is 10.1. The van der Waals surface area contributed by atoms with Gasteiger partial charge in [-0.1, -0.05) is 86.5 Å². The van der Waals surface area contributed by atoms with Gasteiger partial charge in [-0.15, -0.1) is 0 Å². The van der Waals surface area contributed by atoms with Crippen LogP contribution in [0.25, 0.3) is 18.2 Å².